The normalized spacial score (nSPS) is 13.3. The Morgan fingerprint density at radius 1 is 1.12 bits per heavy atom. The Labute approximate surface area is 158 Å². The van der Waals surface area contributed by atoms with Gasteiger partial charge in [0.1, 0.15) is 0 Å². The molecule has 1 aliphatic heterocycles. The van der Waals surface area contributed by atoms with Crippen molar-refractivity contribution >= 4 is 29.3 Å². The topological polar surface area (TPSA) is 52.6 Å². The molecule has 1 heterocycles. The number of nitrogens with zero attached hydrogens (tertiary/aromatic N) is 2. The Balaban J connectivity index is 1.82. The lowest BCUT2D eigenvalue weighted by Gasteiger charge is -2.25. The molecular formula is C20H23N3O2S. The molecule has 0 saturated carbocycles. The number of carbonyl (C=O) groups excluding carboxylic acids is 2. The van der Waals surface area contributed by atoms with Gasteiger partial charge in [-0.25, -0.2) is 0 Å². The summed E-state index contributed by atoms with van der Waals surface area (Å²) in [5.74, 6) is 0.368. The molecule has 0 aliphatic carbocycles. The van der Waals surface area contributed by atoms with Gasteiger partial charge in [-0.1, -0.05) is 30.3 Å². The maximum Gasteiger partial charge on any atom is 0.254 e. The smallest absolute Gasteiger partial charge is 0.254 e. The van der Waals surface area contributed by atoms with Gasteiger partial charge in [-0.3, -0.25) is 9.59 Å². The predicted molar refractivity (Wildman–Crippen MR) is 106 cm³/mol. The number of likely N-dealkylation sites (N-methyl/N-ethyl adjacent to an activating group) is 1. The Morgan fingerprint density at radius 3 is 2.62 bits per heavy atom. The Kier molecular flexibility index (Phi) is 5.96. The fourth-order valence-electron chi connectivity index (χ4n) is 2.78. The third-order valence-electron chi connectivity index (χ3n) is 4.18. The Morgan fingerprint density at radius 2 is 1.88 bits per heavy atom. The zero-order chi connectivity index (χ0) is 18.5. The Hall–Kier alpha value is -2.31. The van der Waals surface area contributed by atoms with E-state index in [1.807, 2.05) is 61.5 Å². The minimum atomic E-state index is -0.0270. The van der Waals surface area contributed by atoms with E-state index in [4.69, 9.17) is 0 Å². The first-order valence-electron chi connectivity index (χ1n) is 8.57. The molecule has 0 bridgehead atoms. The van der Waals surface area contributed by atoms with Crippen LogP contribution in [-0.2, 0) is 11.3 Å². The van der Waals surface area contributed by atoms with Gasteiger partial charge < -0.3 is 15.1 Å². The molecule has 0 saturated heterocycles. The zero-order valence-corrected chi connectivity index (χ0v) is 15.9. The minimum Gasteiger partial charge on any atom is -0.333 e. The highest BCUT2D eigenvalue weighted by molar-refractivity contribution is 8.00. The maximum atomic E-state index is 13.1. The lowest BCUT2D eigenvalue weighted by Crippen LogP contribution is -2.36. The van der Waals surface area contributed by atoms with Crippen LogP contribution in [0.25, 0.3) is 0 Å². The van der Waals surface area contributed by atoms with Gasteiger partial charge in [0.05, 0.1) is 11.4 Å². The van der Waals surface area contributed by atoms with Gasteiger partial charge in [0.15, 0.2) is 0 Å². The van der Waals surface area contributed by atoms with Crippen molar-refractivity contribution in [2.45, 2.75) is 11.4 Å². The molecule has 2 amide bonds. The van der Waals surface area contributed by atoms with E-state index >= 15 is 0 Å². The second-order valence-corrected chi connectivity index (χ2v) is 7.58. The van der Waals surface area contributed by atoms with Gasteiger partial charge in [0.2, 0.25) is 5.91 Å². The molecule has 0 atom stereocenters. The number of rotatable bonds is 6. The van der Waals surface area contributed by atoms with Gasteiger partial charge in [-0.2, -0.15) is 0 Å². The minimum absolute atomic E-state index is 0.0247. The summed E-state index contributed by atoms with van der Waals surface area (Å²) >= 11 is 1.50. The van der Waals surface area contributed by atoms with Gasteiger partial charge in [0, 0.05) is 30.1 Å². The highest BCUT2D eigenvalue weighted by atomic mass is 32.2. The molecule has 1 aliphatic rings. The number of nitrogens with one attached hydrogen (secondary N) is 1. The quantitative estimate of drug-likeness (QED) is 0.851. The van der Waals surface area contributed by atoms with E-state index < -0.39 is 0 Å². The van der Waals surface area contributed by atoms with Crippen LogP contribution in [0.4, 0.5) is 5.69 Å². The average molecular weight is 369 g/mol. The number of anilines is 1. The molecule has 1 N–H and O–H groups in total. The molecule has 136 valence electrons. The third kappa shape index (κ3) is 4.65. The van der Waals surface area contributed by atoms with E-state index in [2.05, 4.69) is 10.2 Å². The molecule has 0 fully saturated rings. The van der Waals surface area contributed by atoms with Crippen molar-refractivity contribution in [3.63, 3.8) is 0 Å². The van der Waals surface area contributed by atoms with Gasteiger partial charge >= 0.3 is 0 Å². The van der Waals surface area contributed by atoms with E-state index in [-0.39, 0.29) is 11.8 Å². The van der Waals surface area contributed by atoms with Crippen molar-refractivity contribution in [2.75, 3.05) is 38.3 Å². The van der Waals surface area contributed by atoms with Crippen molar-refractivity contribution in [3.05, 3.63) is 59.7 Å². The third-order valence-corrected chi connectivity index (χ3v) is 5.25. The standard InChI is InChI=1S/C20H23N3O2S/c1-22(2)10-11-23(13-15-6-4-3-5-7-15)20(25)16-8-9-18-17(12-16)21-19(24)14-26-18/h3-9,12H,10-11,13-14H2,1-2H3,(H,21,24). The largest absolute Gasteiger partial charge is 0.333 e. The number of amides is 2. The fourth-order valence-corrected chi connectivity index (χ4v) is 3.56. The highest BCUT2D eigenvalue weighted by Gasteiger charge is 2.20. The van der Waals surface area contributed by atoms with E-state index in [9.17, 15) is 9.59 Å². The van der Waals surface area contributed by atoms with Gasteiger partial charge in [-0.15, -0.1) is 11.8 Å². The molecule has 6 heteroatoms. The number of carbonyl (C=O) groups is 2. The van der Waals surface area contributed by atoms with Crippen molar-refractivity contribution in [2.24, 2.45) is 0 Å². The SMILES string of the molecule is CN(C)CCN(Cc1ccccc1)C(=O)c1ccc2c(c1)NC(=O)CS2. The van der Waals surface area contributed by atoms with Crippen LogP contribution in [0.5, 0.6) is 0 Å². The van der Waals surface area contributed by atoms with Crippen LogP contribution in [0.15, 0.2) is 53.4 Å². The first-order valence-corrected chi connectivity index (χ1v) is 9.56. The van der Waals surface area contributed by atoms with E-state index in [1.54, 1.807) is 6.07 Å². The molecule has 3 rings (SSSR count). The van der Waals surface area contributed by atoms with Crippen LogP contribution in [0.2, 0.25) is 0 Å². The Bertz CT molecular complexity index is 793. The molecule has 0 radical (unpaired) electrons. The van der Waals surface area contributed by atoms with Gasteiger partial charge in [0.25, 0.3) is 5.91 Å². The predicted octanol–water partition coefficient (Wildman–Crippen LogP) is 2.93. The summed E-state index contributed by atoms with van der Waals surface area (Å²) in [5.41, 5.74) is 2.42. The number of hydrogen-bond acceptors (Lipinski definition) is 4. The summed E-state index contributed by atoms with van der Waals surface area (Å²) in [4.78, 5) is 29.7. The van der Waals surface area contributed by atoms with Crippen molar-refractivity contribution in [3.8, 4) is 0 Å². The van der Waals surface area contributed by atoms with Crippen LogP contribution >= 0.6 is 11.8 Å². The molecule has 2 aromatic rings. The molecule has 26 heavy (non-hydrogen) atoms. The second-order valence-electron chi connectivity index (χ2n) is 6.56. The molecule has 5 nitrogen and oxygen atoms in total. The summed E-state index contributed by atoms with van der Waals surface area (Å²) in [7, 11) is 3.99. The number of fused-ring (bicyclic) bond motifs is 1. The molecular weight excluding hydrogens is 346 g/mol. The van der Waals surface area contributed by atoms with Crippen molar-refractivity contribution < 1.29 is 9.59 Å². The zero-order valence-electron chi connectivity index (χ0n) is 15.1. The van der Waals surface area contributed by atoms with E-state index in [1.165, 1.54) is 11.8 Å². The monoisotopic (exact) mass is 369 g/mol. The molecule has 0 aromatic heterocycles. The van der Waals surface area contributed by atoms with Crippen LogP contribution in [-0.4, -0.2) is 54.6 Å². The fraction of sp³-hybridized carbons (Fsp3) is 0.300. The molecule has 0 unspecified atom stereocenters. The number of hydrogen-bond donors (Lipinski definition) is 1. The lowest BCUT2D eigenvalue weighted by atomic mass is 10.1. The summed E-state index contributed by atoms with van der Waals surface area (Å²) in [6.45, 7) is 1.99. The number of thioether (sulfide) groups is 1. The van der Waals surface area contributed by atoms with Crippen molar-refractivity contribution in [1.29, 1.82) is 0 Å². The second kappa shape index (κ2) is 8.38. The summed E-state index contributed by atoms with van der Waals surface area (Å²) < 4.78 is 0. The lowest BCUT2D eigenvalue weighted by molar-refractivity contribution is -0.113. The van der Waals surface area contributed by atoms with Gasteiger partial charge in [-0.05, 0) is 37.9 Å². The summed E-state index contributed by atoms with van der Waals surface area (Å²) in [6, 6.07) is 15.5. The summed E-state index contributed by atoms with van der Waals surface area (Å²) in [5, 5.41) is 2.86. The van der Waals surface area contributed by atoms with Crippen LogP contribution < -0.4 is 5.32 Å². The highest BCUT2D eigenvalue weighted by Crippen LogP contribution is 2.32. The van der Waals surface area contributed by atoms with E-state index in [0.29, 0.717) is 24.4 Å². The molecule has 2 aromatic carbocycles. The van der Waals surface area contributed by atoms with Crippen molar-refractivity contribution in [1.82, 2.24) is 9.80 Å². The first-order chi connectivity index (χ1) is 12.5. The first kappa shape index (κ1) is 18.5. The maximum absolute atomic E-state index is 13.1. The molecule has 0 spiro atoms. The van der Waals surface area contributed by atoms with E-state index in [0.717, 1.165) is 22.7 Å². The van der Waals surface area contributed by atoms with Crippen LogP contribution in [0.1, 0.15) is 15.9 Å². The number of benzene rings is 2. The van der Waals surface area contributed by atoms with Crippen LogP contribution in [0, 0.1) is 0 Å². The average Bonchev–Trinajstić information content (AvgIpc) is 2.64. The summed E-state index contributed by atoms with van der Waals surface area (Å²) in [6.07, 6.45) is 0. The van der Waals surface area contributed by atoms with Crippen LogP contribution in [0.3, 0.4) is 0 Å².